The van der Waals surface area contributed by atoms with Crippen LogP contribution in [0.5, 0.6) is 0 Å². The largest absolute Gasteiger partial charge is 0.339 e. The standard InChI is InChI=1S/C16H29N3O/c1-16(8-4-5-9-17-16)15(20)19-12-10-18(11-13-19)14-6-2-3-7-14/h14,17H,2-13H2,1H3. The normalized spacial score (nSPS) is 33.5. The number of amides is 1. The number of nitrogens with zero attached hydrogens (tertiary/aromatic N) is 2. The van der Waals surface area contributed by atoms with Gasteiger partial charge >= 0.3 is 0 Å². The fourth-order valence-electron chi connectivity index (χ4n) is 4.15. The van der Waals surface area contributed by atoms with Crippen LogP contribution in [0.15, 0.2) is 0 Å². The van der Waals surface area contributed by atoms with Gasteiger partial charge in [-0.1, -0.05) is 12.8 Å². The van der Waals surface area contributed by atoms with Crippen LogP contribution in [0.1, 0.15) is 51.9 Å². The van der Waals surface area contributed by atoms with Crippen molar-refractivity contribution in [1.82, 2.24) is 15.1 Å². The molecule has 0 spiro atoms. The van der Waals surface area contributed by atoms with E-state index in [0.29, 0.717) is 5.91 Å². The average Bonchev–Trinajstić information content (AvgIpc) is 3.02. The number of carbonyl (C=O) groups is 1. The van der Waals surface area contributed by atoms with Crippen molar-refractivity contribution in [3.63, 3.8) is 0 Å². The van der Waals surface area contributed by atoms with Gasteiger partial charge in [-0.25, -0.2) is 0 Å². The van der Waals surface area contributed by atoms with Crippen molar-refractivity contribution in [2.45, 2.75) is 63.5 Å². The highest BCUT2D eigenvalue weighted by molar-refractivity contribution is 5.86. The highest BCUT2D eigenvalue weighted by atomic mass is 16.2. The molecule has 4 nitrogen and oxygen atoms in total. The van der Waals surface area contributed by atoms with Crippen LogP contribution >= 0.6 is 0 Å². The maximum Gasteiger partial charge on any atom is 0.242 e. The second kappa shape index (κ2) is 6.02. The molecule has 0 aromatic heterocycles. The summed E-state index contributed by atoms with van der Waals surface area (Å²) in [6.45, 7) is 7.08. The van der Waals surface area contributed by atoms with Gasteiger partial charge in [-0.05, 0) is 45.6 Å². The summed E-state index contributed by atoms with van der Waals surface area (Å²) < 4.78 is 0. The molecule has 1 aliphatic carbocycles. The minimum Gasteiger partial charge on any atom is -0.339 e. The Morgan fingerprint density at radius 2 is 1.75 bits per heavy atom. The van der Waals surface area contributed by atoms with E-state index >= 15 is 0 Å². The predicted octanol–water partition coefficient (Wildman–Crippen LogP) is 1.61. The average molecular weight is 279 g/mol. The lowest BCUT2D eigenvalue weighted by molar-refractivity contribution is -0.140. The summed E-state index contributed by atoms with van der Waals surface area (Å²) in [6.07, 6.45) is 8.91. The van der Waals surface area contributed by atoms with Crippen molar-refractivity contribution in [1.29, 1.82) is 0 Å². The first kappa shape index (κ1) is 14.3. The van der Waals surface area contributed by atoms with Crippen LogP contribution in [0.25, 0.3) is 0 Å². The summed E-state index contributed by atoms with van der Waals surface area (Å²) in [5.74, 6) is 0.336. The van der Waals surface area contributed by atoms with Crippen molar-refractivity contribution in [2.75, 3.05) is 32.7 Å². The zero-order chi connectivity index (χ0) is 14.0. The smallest absolute Gasteiger partial charge is 0.242 e. The van der Waals surface area contributed by atoms with Gasteiger partial charge in [0.1, 0.15) is 0 Å². The molecule has 0 radical (unpaired) electrons. The molecule has 1 amide bonds. The van der Waals surface area contributed by atoms with Gasteiger partial charge in [-0.3, -0.25) is 9.69 Å². The number of rotatable bonds is 2. The van der Waals surface area contributed by atoms with E-state index in [2.05, 4.69) is 22.0 Å². The molecule has 3 aliphatic rings. The first-order valence-electron chi connectivity index (χ1n) is 8.47. The molecule has 1 N–H and O–H groups in total. The van der Waals surface area contributed by atoms with E-state index in [1.165, 1.54) is 38.5 Å². The second-order valence-corrected chi connectivity index (χ2v) is 6.98. The summed E-state index contributed by atoms with van der Waals surface area (Å²) in [4.78, 5) is 17.5. The van der Waals surface area contributed by atoms with Crippen LogP contribution in [-0.2, 0) is 4.79 Å². The Kier molecular flexibility index (Phi) is 4.32. The molecule has 3 rings (SSSR count). The summed E-state index contributed by atoms with van der Waals surface area (Å²) in [7, 11) is 0. The van der Waals surface area contributed by atoms with E-state index in [4.69, 9.17) is 0 Å². The van der Waals surface area contributed by atoms with Crippen LogP contribution < -0.4 is 5.32 Å². The van der Waals surface area contributed by atoms with Gasteiger partial charge in [-0.2, -0.15) is 0 Å². The van der Waals surface area contributed by atoms with Crippen LogP contribution in [0.3, 0.4) is 0 Å². The van der Waals surface area contributed by atoms with E-state index in [0.717, 1.165) is 45.2 Å². The van der Waals surface area contributed by atoms with Crippen molar-refractivity contribution in [3.05, 3.63) is 0 Å². The lowest BCUT2D eigenvalue weighted by atomic mass is 9.89. The molecule has 0 aromatic rings. The Labute approximate surface area is 122 Å². The van der Waals surface area contributed by atoms with Gasteiger partial charge in [0.15, 0.2) is 0 Å². The van der Waals surface area contributed by atoms with E-state index in [1.54, 1.807) is 0 Å². The van der Waals surface area contributed by atoms with Crippen LogP contribution in [0, 0.1) is 0 Å². The van der Waals surface area contributed by atoms with Gasteiger partial charge in [0.05, 0.1) is 5.54 Å². The van der Waals surface area contributed by atoms with Crippen molar-refractivity contribution in [2.24, 2.45) is 0 Å². The zero-order valence-electron chi connectivity index (χ0n) is 12.9. The molecule has 2 heterocycles. The molecule has 1 unspecified atom stereocenters. The number of piperidine rings is 1. The molecule has 0 aromatic carbocycles. The third-order valence-corrected chi connectivity index (χ3v) is 5.53. The van der Waals surface area contributed by atoms with E-state index in [1.807, 2.05) is 0 Å². The highest BCUT2D eigenvalue weighted by Gasteiger charge is 2.39. The summed E-state index contributed by atoms with van der Waals surface area (Å²) in [5, 5.41) is 3.45. The quantitative estimate of drug-likeness (QED) is 0.834. The lowest BCUT2D eigenvalue weighted by Gasteiger charge is -2.43. The van der Waals surface area contributed by atoms with Gasteiger partial charge in [-0.15, -0.1) is 0 Å². The molecule has 4 heteroatoms. The fourth-order valence-corrected chi connectivity index (χ4v) is 4.15. The number of hydrogen-bond donors (Lipinski definition) is 1. The fraction of sp³-hybridized carbons (Fsp3) is 0.938. The molecule has 20 heavy (non-hydrogen) atoms. The first-order valence-corrected chi connectivity index (χ1v) is 8.47. The Morgan fingerprint density at radius 3 is 2.35 bits per heavy atom. The van der Waals surface area contributed by atoms with Gasteiger partial charge < -0.3 is 10.2 Å². The van der Waals surface area contributed by atoms with Crippen LogP contribution in [0.2, 0.25) is 0 Å². The number of hydrogen-bond acceptors (Lipinski definition) is 3. The minimum absolute atomic E-state index is 0.298. The number of piperazine rings is 1. The van der Waals surface area contributed by atoms with E-state index < -0.39 is 0 Å². The Hall–Kier alpha value is -0.610. The number of carbonyl (C=O) groups excluding carboxylic acids is 1. The SMILES string of the molecule is CC1(C(=O)N2CCN(C3CCCC3)CC2)CCCCN1. The zero-order valence-corrected chi connectivity index (χ0v) is 12.9. The topological polar surface area (TPSA) is 35.6 Å². The Morgan fingerprint density at radius 1 is 1.05 bits per heavy atom. The van der Waals surface area contributed by atoms with E-state index in [9.17, 15) is 4.79 Å². The van der Waals surface area contributed by atoms with Crippen LogP contribution in [0.4, 0.5) is 0 Å². The van der Waals surface area contributed by atoms with Crippen LogP contribution in [-0.4, -0.2) is 60.0 Å². The highest BCUT2D eigenvalue weighted by Crippen LogP contribution is 2.26. The van der Waals surface area contributed by atoms with Crippen molar-refractivity contribution in [3.8, 4) is 0 Å². The maximum atomic E-state index is 12.7. The molecular weight excluding hydrogens is 250 g/mol. The second-order valence-electron chi connectivity index (χ2n) is 6.98. The third kappa shape index (κ3) is 2.86. The minimum atomic E-state index is -0.298. The lowest BCUT2D eigenvalue weighted by Crippen LogP contribution is -2.61. The van der Waals surface area contributed by atoms with Gasteiger partial charge in [0, 0.05) is 32.2 Å². The Balaban J connectivity index is 1.53. The molecule has 1 saturated carbocycles. The third-order valence-electron chi connectivity index (χ3n) is 5.53. The van der Waals surface area contributed by atoms with Gasteiger partial charge in [0.25, 0.3) is 0 Å². The monoisotopic (exact) mass is 279 g/mol. The molecule has 3 fully saturated rings. The molecule has 114 valence electrons. The molecule has 1 atom stereocenters. The summed E-state index contributed by atoms with van der Waals surface area (Å²) in [6, 6.07) is 0.802. The molecule has 2 saturated heterocycles. The van der Waals surface area contributed by atoms with Crippen molar-refractivity contribution < 1.29 is 4.79 Å². The van der Waals surface area contributed by atoms with Gasteiger partial charge in [0.2, 0.25) is 5.91 Å². The Bertz CT molecular complexity index is 338. The molecule has 0 bridgehead atoms. The van der Waals surface area contributed by atoms with Crippen molar-refractivity contribution >= 4 is 5.91 Å². The summed E-state index contributed by atoms with van der Waals surface area (Å²) in [5.41, 5.74) is -0.298. The number of nitrogens with one attached hydrogen (secondary N) is 1. The first-order chi connectivity index (χ1) is 9.69. The maximum absolute atomic E-state index is 12.7. The van der Waals surface area contributed by atoms with E-state index in [-0.39, 0.29) is 5.54 Å². The summed E-state index contributed by atoms with van der Waals surface area (Å²) >= 11 is 0. The molecular formula is C16H29N3O. The predicted molar refractivity (Wildman–Crippen MR) is 80.7 cm³/mol. The molecule has 2 aliphatic heterocycles.